The van der Waals surface area contributed by atoms with Crippen molar-refractivity contribution in [3.63, 3.8) is 0 Å². The molecule has 0 spiro atoms. The van der Waals surface area contributed by atoms with Gasteiger partial charge in [0, 0.05) is 12.1 Å². The Morgan fingerprint density at radius 2 is 1.48 bits per heavy atom. The van der Waals surface area contributed by atoms with Gasteiger partial charge in [-0.3, -0.25) is 9.10 Å². The van der Waals surface area contributed by atoms with Crippen LogP contribution in [0.15, 0.2) is 78.9 Å². The number of rotatable bonds is 7. The Morgan fingerprint density at radius 1 is 0.862 bits per heavy atom. The summed E-state index contributed by atoms with van der Waals surface area (Å²) in [5.74, 6) is -0.203. The van der Waals surface area contributed by atoms with Gasteiger partial charge < -0.3 is 5.32 Å². The summed E-state index contributed by atoms with van der Waals surface area (Å²) in [6.45, 7) is 2.68. The number of carbonyl (C=O) groups excluding carboxylic acids is 1. The highest BCUT2D eigenvalue weighted by Crippen LogP contribution is 2.21. The van der Waals surface area contributed by atoms with E-state index in [9.17, 15) is 13.2 Å². The van der Waals surface area contributed by atoms with E-state index < -0.39 is 10.0 Å². The van der Waals surface area contributed by atoms with E-state index in [2.05, 4.69) is 5.32 Å². The van der Waals surface area contributed by atoms with Crippen molar-refractivity contribution in [1.29, 1.82) is 0 Å². The predicted molar refractivity (Wildman–Crippen MR) is 116 cm³/mol. The molecule has 0 aromatic heterocycles. The van der Waals surface area contributed by atoms with E-state index in [4.69, 9.17) is 0 Å². The van der Waals surface area contributed by atoms with Gasteiger partial charge in [-0.1, -0.05) is 60.2 Å². The van der Waals surface area contributed by atoms with E-state index in [1.54, 1.807) is 24.3 Å². The maximum Gasteiger partial charge on any atom is 0.251 e. The minimum atomic E-state index is -3.47. The lowest BCUT2D eigenvalue weighted by molar-refractivity contribution is 0.0951. The minimum absolute atomic E-state index is 0.203. The Bertz CT molecular complexity index is 1060. The molecule has 5 nitrogen and oxygen atoms in total. The normalized spacial score (nSPS) is 11.1. The highest BCUT2D eigenvalue weighted by atomic mass is 32.2. The zero-order valence-corrected chi connectivity index (χ0v) is 17.3. The van der Waals surface area contributed by atoms with Crippen LogP contribution in [0.1, 0.15) is 27.0 Å². The lowest BCUT2D eigenvalue weighted by Crippen LogP contribution is -2.29. The van der Waals surface area contributed by atoms with Gasteiger partial charge in [-0.2, -0.15) is 0 Å². The van der Waals surface area contributed by atoms with Crippen molar-refractivity contribution in [1.82, 2.24) is 5.32 Å². The highest BCUT2D eigenvalue weighted by Gasteiger charge is 2.18. The number of benzene rings is 3. The number of aryl methyl sites for hydroxylation is 1. The third-order valence-electron chi connectivity index (χ3n) is 4.56. The van der Waals surface area contributed by atoms with Crippen molar-refractivity contribution in [2.24, 2.45) is 0 Å². The molecule has 0 heterocycles. The van der Waals surface area contributed by atoms with Crippen LogP contribution in [-0.4, -0.2) is 20.6 Å². The topological polar surface area (TPSA) is 66.5 Å². The number of amides is 1. The maximum atomic E-state index is 12.4. The Hall–Kier alpha value is -3.12. The molecule has 3 aromatic rings. The van der Waals surface area contributed by atoms with Gasteiger partial charge >= 0.3 is 0 Å². The minimum Gasteiger partial charge on any atom is -0.348 e. The third-order valence-corrected chi connectivity index (χ3v) is 5.70. The van der Waals surface area contributed by atoms with Crippen molar-refractivity contribution in [3.8, 4) is 0 Å². The van der Waals surface area contributed by atoms with Gasteiger partial charge in [0.05, 0.1) is 18.5 Å². The standard InChI is InChI=1S/C23H24N2O3S/c1-18-8-10-19(11-9-18)16-24-23(26)21-12-14-22(15-13-21)25(29(2,27)28)17-20-6-4-3-5-7-20/h3-15H,16-17H2,1-2H3,(H,24,26). The first-order valence-corrected chi connectivity index (χ1v) is 11.1. The molecule has 3 aromatic carbocycles. The first-order valence-electron chi connectivity index (χ1n) is 9.28. The van der Waals surface area contributed by atoms with Crippen LogP contribution in [-0.2, 0) is 23.1 Å². The number of hydrogen-bond donors (Lipinski definition) is 1. The van der Waals surface area contributed by atoms with Gasteiger partial charge in [0.1, 0.15) is 0 Å². The molecule has 1 amide bonds. The zero-order chi connectivity index (χ0) is 20.9. The van der Waals surface area contributed by atoms with Crippen molar-refractivity contribution in [2.45, 2.75) is 20.0 Å². The fourth-order valence-electron chi connectivity index (χ4n) is 2.92. The average molecular weight is 409 g/mol. The molecule has 0 radical (unpaired) electrons. The Labute approximate surface area is 172 Å². The largest absolute Gasteiger partial charge is 0.348 e. The first kappa shape index (κ1) is 20.6. The molecule has 1 N–H and O–H groups in total. The molecular formula is C23H24N2O3S. The summed E-state index contributed by atoms with van der Waals surface area (Å²) in [5, 5.41) is 2.88. The molecule has 0 unspecified atom stereocenters. The molecule has 0 bridgehead atoms. The summed E-state index contributed by atoms with van der Waals surface area (Å²) < 4.78 is 25.9. The van der Waals surface area contributed by atoms with Crippen LogP contribution in [0.25, 0.3) is 0 Å². The quantitative estimate of drug-likeness (QED) is 0.645. The Balaban J connectivity index is 1.71. The number of nitrogens with zero attached hydrogens (tertiary/aromatic N) is 1. The summed E-state index contributed by atoms with van der Waals surface area (Å²) in [7, 11) is -3.47. The van der Waals surface area contributed by atoms with Crippen molar-refractivity contribution in [2.75, 3.05) is 10.6 Å². The highest BCUT2D eigenvalue weighted by molar-refractivity contribution is 7.92. The van der Waals surface area contributed by atoms with Crippen LogP contribution in [0.3, 0.4) is 0 Å². The number of hydrogen-bond acceptors (Lipinski definition) is 3. The number of anilines is 1. The molecule has 29 heavy (non-hydrogen) atoms. The molecule has 6 heteroatoms. The molecule has 150 valence electrons. The van der Waals surface area contributed by atoms with Crippen LogP contribution < -0.4 is 9.62 Å². The van der Waals surface area contributed by atoms with Crippen LogP contribution in [0, 0.1) is 6.92 Å². The lowest BCUT2D eigenvalue weighted by Gasteiger charge is -2.22. The van der Waals surface area contributed by atoms with E-state index >= 15 is 0 Å². The van der Waals surface area contributed by atoms with E-state index in [0.29, 0.717) is 17.8 Å². The Kier molecular flexibility index (Phi) is 6.34. The fraction of sp³-hybridized carbons (Fsp3) is 0.174. The summed E-state index contributed by atoms with van der Waals surface area (Å²) in [6.07, 6.45) is 1.18. The molecule has 0 aliphatic heterocycles. The average Bonchev–Trinajstić information content (AvgIpc) is 2.71. The number of carbonyl (C=O) groups is 1. The number of nitrogens with one attached hydrogen (secondary N) is 1. The second-order valence-electron chi connectivity index (χ2n) is 6.97. The monoisotopic (exact) mass is 408 g/mol. The van der Waals surface area contributed by atoms with Crippen LogP contribution >= 0.6 is 0 Å². The molecule has 0 saturated carbocycles. The molecule has 0 aliphatic rings. The van der Waals surface area contributed by atoms with Crippen LogP contribution in [0.4, 0.5) is 5.69 Å². The molecule has 0 atom stereocenters. The summed E-state index contributed by atoms with van der Waals surface area (Å²) in [4.78, 5) is 12.4. The van der Waals surface area contributed by atoms with Gasteiger partial charge in [0.15, 0.2) is 0 Å². The number of sulfonamides is 1. The fourth-order valence-corrected chi connectivity index (χ4v) is 3.81. The van der Waals surface area contributed by atoms with Gasteiger partial charge in [-0.25, -0.2) is 8.42 Å². The summed E-state index contributed by atoms with van der Waals surface area (Å²) in [6, 6.07) is 24.0. The molecular weight excluding hydrogens is 384 g/mol. The van der Waals surface area contributed by atoms with E-state index in [1.807, 2.05) is 61.5 Å². The predicted octanol–water partition coefficient (Wildman–Crippen LogP) is 3.89. The van der Waals surface area contributed by atoms with E-state index in [0.717, 1.165) is 11.1 Å². The molecule has 0 saturated heterocycles. The van der Waals surface area contributed by atoms with Gasteiger partial charge in [0.2, 0.25) is 10.0 Å². The second-order valence-corrected chi connectivity index (χ2v) is 8.88. The van der Waals surface area contributed by atoms with Crippen molar-refractivity contribution < 1.29 is 13.2 Å². The van der Waals surface area contributed by atoms with E-state index in [1.165, 1.54) is 16.1 Å². The van der Waals surface area contributed by atoms with Gasteiger partial charge in [0.25, 0.3) is 5.91 Å². The second kappa shape index (κ2) is 8.92. The van der Waals surface area contributed by atoms with Gasteiger partial charge in [-0.05, 0) is 42.3 Å². The van der Waals surface area contributed by atoms with Gasteiger partial charge in [-0.15, -0.1) is 0 Å². The SMILES string of the molecule is Cc1ccc(CNC(=O)c2ccc(N(Cc3ccccc3)S(C)(=O)=O)cc2)cc1. The Morgan fingerprint density at radius 3 is 2.07 bits per heavy atom. The summed E-state index contributed by atoms with van der Waals surface area (Å²) in [5.41, 5.74) is 4.08. The van der Waals surface area contributed by atoms with Crippen molar-refractivity contribution >= 4 is 21.6 Å². The lowest BCUT2D eigenvalue weighted by atomic mass is 10.1. The maximum absolute atomic E-state index is 12.4. The molecule has 0 fully saturated rings. The third kappa shape index (κ3) is 5.68. The smallest absolute Gasteiger partial charge is 0.251 e. The van der Waals surface area contributed by atoms with Crippen LogP contribution in [0.5, 0.6) is 0 Å². The van der Waals surface area contributed by atoms with E-state index in [-0.39, 0.29) is 12.5 Å². The summed E-state index contributed by atoms with van der Waals surface area (Å²) >= 11 is 0. The molecule has 0 aliphatic carbocycles. The van der Waals surface area contributed by atoms with Crippen molar-refractivity contribution in [3.05, 3.63) is 101 Å². The first-order chi connectivity index (χ1) is 13.8. The van der Waals surface area contributed by atoms with Crippen LogP contribution in [0.2, 0.25) is 0 Å². The molecule has 3 rings (SSSR count). The zero-order valence-electron chi connectivity index (χ0n) is 16.5.